The van der Waals surface area contributed by atoms with Gasteiger partial charge in [0.2, 0.25) is 11.8 Å². The fourth-order valence-corrected chi connectivity index (χ4v) is 4.66. The van der Waals surface area contributed by atoms with Gasteiger partial charge in [0, 0.05) is 16.7 Å². The Kier molecular flexibility index (Phi) is 9.01. The number of sulfone groups is 1. The van der Waals surface area contributed by atoms with Crippen LogP contribution in [-0.4, -0.2) is 44.0 Å². The maximum atomic E-state index is 12.1. The summed E-state index contributed by atoms with van der Waals surface area (Å²) in [6.45, 7) is 0.274. The van der Waals surface area contributed by atoms with Crippen LogP contribution in [0.25, 0.3) is 0 Å². The highest BCUT2D eigenvalue weighted by Gasteiger charge is 2.13. The first-order valence-electron chi connectivity index (χ1n) is 8.54. The quantitative estimate of drug-likeness (QED) is 0.505. The van der Waals surface area contributed by atoms with Crippen LogP contribution in [0.1, 0.15) is 6.42 Å². The molecule has 0 aromatic heterocycles. The summed E-state index contributed by atoms with van der Waals surface area (Å²) < 4.78 is 25.1. The molecule has 6 nitrogen and oxygen atoms in total. The first-order valence-corrected chi connectivity index (χ1v) is 12.1. The molecule has 0 spiro atoms. The Morgan fingerprint density at radius 1 is 0.964 bits per heavy atom. The van der Waals surface area contributed by atoms with Crippen LogP contribution < -0.4 is 10.6 Å². The van der Waals surface area contributed by atoms with Crippen molar-refractivity contribution in [1.29, 1.82) is 0 Å². The van der Waals surface area contributed by atoms with Crippen molar-refractivity contribution in [2.24, 2.45) is 0 Å². The Hall–Kier alpha value is -1.84. The summed E-state index contributed by atoms with van der Waals surface area (Å²) in [5.74, 6) is -0.152. The number of rotatable bonds is 10. The van der Waals surface area contributed by atoms with E-state index in [1.807, 2.05) is 12.1 Å². The first kappa shape index (κ1) is 22.4. The molecule has 0 atom stereocenters. The summed E-state index contributed by atoms with van der Waals surface area (Å²) in [5.41, 5.74) is 0.684. The van der Waals surface area contributed by atoms with Crippen molar-refractivity contribution in [3.05, 3.63) is 59.1 Å². The molecule has 2 aromatic rings. The van der Waals surface area contributed by atoms with Gasteiger partial charge in [-0.15, -0.1) is 11.8 Å². The number of halogens is 1. The van der Waals surface area contributed by atoms with Crippen molar-refractivity contribution in [2.45, 2.75) is 11.3 Å². The summed E-state index contributed by atoms with van der Waals surface area (Å²) in [7, 11) is -3.33. The predicted molar refractivity (Wildman–Crippen MR) is 116 cm³/mol. The van der Waals surface area contributed by atoms with Crippen LogP contribution in [0.2, 0.25) is 0 Å². The first-order chi connectivity index (χ1) is 13.4. The lowest BCUT2D eigenvalue weighted by atomic mass is 10.3. The van der Waals surface area contributed by atoms with E-state index in [0.29, 0.717) is 12.1 Å². The molecule has 2 aromatic carbocycles. The number of anilines is 1. The van der Waals surface area contributed by atoms with Gasteiger partial charge in [0.15, 0.2) is 9.84 Å². The van der Waals surface area contributed by atoms with E-state index in [2.05, 4.69) is 26.6 Å². The number of hydrogen-bond donors (Lipinski definition) is 2. The number of thioether (sulfide) groups is 1. The van der Waals surface area contributed by atoms with Crippen molar-refractivity contribution in [3.8, 4) is 0 Å². The molecule has 0 fully saturated rings. The second kappa shape index (κ2) is 11.2. The number of carbonyl (C=O) groups is 2. The summed E-state index contributed by atoms with van der Waals surface area (Å²) in [6.07, 6.45) is 0.330. The predicted octanol–water partition coefficient (Wildman–Crippen LogP) is 3.10. The third-order valence-electron chi connectivity index (χ3n) is 3.59. The second-order valence-corrected chi connectivity index (χ2v) is 9.90. The van der Waals surface area contributed by atoms with Crippen molar-refractivity contribution in [3.63, 3.8) is 0 Å². The van der Waals surface area contributed by atoms with Gasteiger partial charge in [0.05, 0.1) is 22.2 Å². The van der Waals surface area contributed by atoms with E-state index < -0.39 is 9.84 Å². The van der Waals surface area contributed by atoms with E-state index in [-0.39, 0.29) is 40.5 Å². The fraction of sp³-hybridized carbons (Fsp3) is 0.263. The van der Waals surface area contributed by atoms with Gasteiger partial charge in [0.1, 0.15) is 0 Å². The van der Waals surface area contributed by atoms with Crippen LogP contribution >= 0.6 is 27.7 Å². The highest BCUT2D eigenvalue weighted by Crippen LogP contribution is 2.16. The average Bonchev–Trinajstić information content (AvgIpc) is 2.66. The Bertz CT molecular complexity index is 905. The Morgan fingerprint density at radius 3 is 2.39 bits per heavy atom. The summed E-state index contributed by atoms with van der Waals surface area (Å²) in [4.78, 5) is 24.0. The van der Waals surface area contributed by atoms with Crippen LogP contribution in [0.3, 0.4) is 0 Å². The van der Waals surface area contributed by atoms with E-state index in [0.717, 1.165) is 4.47 Å². The standard InChI is InChI=1S/C19H21BrN2O4S2/c20-15-6-4-7-16(12-15)22-19(24)14-27-13-18(23)21-10-5-11-28(25,26)17-8-2-1-3-9-17/h1-4,6-9,12H,5,10-11,13-14H2,(H,21,23)(H,22,24). The van der Waals surface area contributed by atoms with Crippen LogP contribution in [0, 0.1) is 0 Å². The minimum Gasteiger partial charge on any atom is -0.355 e. The maximum absolute atomic E-state index is 12.1. The molecule has 0 heterocycles. The highest BCUT2D eigenvalue weighted by atomic mass is 79.9. The molecule has 0 saturated carbocycles. The zero-order valence-electron chi connectivity index (χ0n) is 15.1. The molecule has 150 valence electrons. The topological polar surface area (TPSA) is 92.3 Å². The van der Waals surface area contributed by atoms with Gasteiger partial charge >= 0.3 is 0 Å². The van der Waals surface area contributed by atoms with E-state index >= 15 is 0 Å². The van der Waals surface area contributed by atoms with Crippen LogP contribution in [-0.2, 0) is 19.4 Å². The van der Waals surface area contributed by atoms with Gasteiger partial charge in [-0.05, 0) is 36.8 Å². The monoisotopic (exact) mass is 484 g/mol. The van der Waals surface area contributed by atoms with E-state index in [9.17, 15) is 18.0 Å². The molecule has 2 amide bonds. The SMILES string of the molecule is O=C(CSCC(=O)Nc1cccc(Br)c1)NCCCS(=O)(=O)c1ccccc1. The van der Waals surface area contributed by atoms with Gasteiger partial charge in [-0.25, -0.2) is 8.42 Å². The fourth-order valence-electron chi connectivity index (χ4n) is 2.29. The number of amides is 2. The lowest BCUT2D eigenvalue weighted by Crippen LogP contribution is -2.28. The lowest BCUT2D eigenvalue weighted by molar-refractivity contribution is -0.118. The molecule has 0 saturated heterocycles. The molecule has 2 rings (SSSR count). The molecule has 0 aliphatic carbocycles. The smallest absolute Gasteiger partial charge is 0.234 e. The van der Waals surface area contributed by atoms with Gasteiger partial charge in [-0.2, -0.15) is 0 Å². The zero-order valence-corrected chi connectivity index (χ0v) is 18.3. The summed E-state index contributed by atoms with van der Waals surface area (Å²) in [6, 6.07) is 15.5. The molecular weight excluding hydrogens is 464 g/mol. The third kappa shape index (κ3) is 8.04. The Balaban J connectivity index is 1.60. The van der Waals surface area contributed by atoms with Crippen LogP contribution in [0.15, 0.2) is 64.0 Å². The second-order valence-electron chi connectivity index (χ2n) is 5.89. The molecule has 28 heavy (non-hydrogen) atoms. The number of hydrogen-bond acceptors (Lipinski definition) is 5. The van der Waals surface area contributed by atoms with Crippen molar-refractivity contribution < 1.29 is 18.0 Å². The van der Waals surface area contributed by atoms with Crippen LogP contribution in [0.5, 0.6) is 0 Å². The number of nitrogens with one attached hydrogen (secondary N) is 2. The molecule has 0 aliphatic rings. The maximum Gasteiger partial charge on any atom is 0.234 e. The van der Waals surface area contributed by atoms with Crippen molar-refractivity contribution in [2.75, 3.05) is 29.1 Å². The van der Waals surface area contributed by atoms with E-state index in [1.165, 1.54) is 11.8 Å². The number of carbonyl (C=O) groups excluding carboxylic acids is 2. The highest BCUT2D eigenvalue weighted by molar-refractivity contribution is 9.10. The third-order valence-corrected chi connectivity index (χ3v) is 6.83. The van der Waals surface area contributed by atoms with Crippen LogP contribution in [0.4, 0.5) is 5.69 Å². The summed E-state index contributed by atoms with van der Waals surface area (Å²) in [5, 5.41) is 5.43. The van der Waals surface area contributed by atoms with Gasteiger partial charge < -0.3 is 10.6 Å². The molecular formula is C19H21BrN2O4S2. The zero-order chi connectivity index (χ0) is 20.4. The lowest BCUT2D eigenvalue weighted by Gasteiger charge is -2.07. The Morgan fingerprint density at radius 2 is 1.68 bits per heavy atom. The van der Waals surface area contributed by atoms with Gasteiger partial charge in [-0.1, -0.05) is 40.2 Å². The molecule has 0 radical (unpaired) electrons. The van der Waals surface area contributed by atoms with Gasteiger partial charge in [-0.3, -0.25) is 9.59 Å². The largest absolute Gasteiger partial charge is 0.355 e. The average molecular weight is 485 g/mol. The minimum absolute atomic E-state index is 0.0283. The molecule has 0 aliphatic heterocycles. The van der Waals surface area contributed by atoms with Gasteiger partial charge in [0.25, 0.3) is 0 Å². The minimum atomic E-state index is -3.33. The van der Waals surface area contributed by atoms with Crippen molar-refractivity contribution in [1.82, 2.24) is 5.32 Å². The Labute approximate surface area is 177 Å². The molecule has 0 unspecified atom stereocenters. The number of benzene rings is 2. The van der Waals surface area contributed by atoms with Crippen molar-refractivity contribution >= 4 is 55.0 Å². The summed E-state index contributed by atoms with van der Waals surface area (Å²) >= 11 is 4.53. The molecule has 0 bridgehead atoms. The van der Waals surface area contributed by atoms with E-state index in [1.54, 1.807) is 42.5 Å². The van der Waals surface area contributed by atoms with E-state index in [4.69, 9.17) is 0 Å². The molecule has 9 heteroatoms. The molecule has 2 N–H and O–H groups in total. The normalized spacial score (nSPS) is 11.0.